The summed E-state index contributed by atoms with van der Waals surface area (Å²) >= 11 is 5.93. The maximum atomic E-state index is 13.7. The van der Waals surface area contributed by atoms with E-state index < -0.39 is 22.7 Å². The number of amides is 1. The number of carbonyl (C=O) groups excluding carboxylic acids is 1. The number of hydrogen-bond acceptors (Lipinski definition) is 4. The van der Waals surface area contributed by atoms with Gasteiger partial charge in [-0.2, -0.15) is 13.1 Å². The molecule has 33 heavy (non-hydrogen) atoms. The Morgan fingerprint density at radius 1 is 1.12 bits per heavy atom. The van der Waals surface area contributed by atoms with Gasteiger partial charge >= 0.3 is 6.61 Å². The number of carbonyl (C=O) groups is 1. The average molecular weight is 501 g/mol. The van der Waals surface area contributed by atoms with E-state index in [2.05, 4.69) is 23.9 Å². The third-order valence-electron chi connectivity index (χ3n) is 5.84. The molecule has 0 bridgehead atoms. The Morgan fingerprint density at radius 3 is 2.33 bits per heavy atom. The van der Waals surface area contributed by atoms with Crippen molar-refractivity contribution in [3.8, 4) is 5.75 Å². The summed E-state index contributed by atoms with van der Waals surface area (Å²) in [4.78, 5) is 13.0. The molecule has 1 saturated heterocycles. The molecule has 1 heterocycles. The topological polar surface area (TPSA) is 75.7 Å². The second-order valence-electron chi connectivity index (χ2n) is 8.36. The molecule has 1 N–H and O–H groups in total. The van der Waals surface area contributed by atoms with E-state index in [-0.39, 0.29) is 34.9 Å². The van der Waals surface area contributed by atoms with Gasteiger partial charge in [-0.25, -0.2) is 8.42 Å². The zero-order valence-electron chi connectivity index (χ0n) is 18.4. The average Bonchev–Trinajstić information content (AvgIpc) is 2.94. The Labute approximate surface area is 197 Å². The number of nitrogens with one attached hydrogen (secondary N) is 1. The summed E-state index contributed by atoms with van der Waals surface area (Å²) in [6.07, 6.45) is 1.14. The van der Waals surface area contributed by atoms with E-state index in [0.29, 0.717) is 23.6 Å². The van der Waals surface area contributed by atoms with Crippen molar-refractivity contribution >= 4 is 27.5 Å². The summed E-state index contributed by atoms with van der Waals surface area (Å²) in [6, 6.07) is 10.6. The van der Waals surface area contributed by atoms with Crippen LogP contribution in [0, 0.1) is 11.8 Å². The second-order valence-corrected chi connectivity index (χ2v) is 10.7. The fraction of sp³-hybridized carbons (Fsp3) is 0.435. The Bertz CT molecular complexity index is 1050. The number of sulfonamides is 1. The van der Waals surface area contributed by atoms with Gasteiger partial charge in [0.1, 0.15) is 11.8 Å². The minimum atomic E-state index is -4.08. The molecule has 180 valence electrons. The number of rotatable bonds is 8. The fourth-order valence-electron chi connectivity index (χ4n) is 3.92. The van der Waals surface area contributed by atoms with Crippen LogP contribution in [0.2, 0.25) is 5.02 Å². The summed E-state index contributed by atoms with van der Waals surface area (Å²) < 4.78 is 57.8. The highest BCUT2D eigenvalue weighted by Crippen LogP contribution is 2.30. The molecule has 1 aliphatic rings. The highest BCUT2D eigenvalue weighted by atomic mass is 35.5. The number of halogens is 3. The molecule has 3 rings (SSSR count). The van der Waals surface area contributed by atoms with E-state index >= 15 is 0 Å². The lowest BCUT2D eigenvalue weighted by atomic mass is 9.87. The van der Waals surface area contributed by atoms with Crippen LogP contribution in [-0.4, -0.2) is 37.8 Å². The monoisotopic (exact) mass is 500 g/mol. The molecule has 10 heteroatoms. The van der Waals surface area contributed by atoms with Crippen LogP contribution >= 0.6 is 11.6 Å². The van der Waals surface area contributed by atoms with Gasteiger partial charge in [-0.15, -0.1) is 0 Å². The Kier molecular flexibility index (Phi) is 8.31. The van der Waals surface area contributed by atoms with Crippen LogP contribution in [0.25, 0.3) is 0 Å². The Morgan fingerprint density at radius 2 is 1.76 bits per heavy atom. The van der Waals surface area contributed by atoms with E-state index in [1.165, 1.54) is 52.8 Å². The van der Waals surface area contributed by atoms with Crippen LogP contribution in [0.4, 0.5) is 8.78 Å². The highest BCUT2D eigenvalue weighted by molar-refractivity contribution is 7.89. The summed E-state index contributed by atoms with van der Waals surface area (Å²) in [5.41, 5.74) is 0.535. The third-order valence-corrected chi connectivity index (χ3v) is 7.96. The molecule has 0 aliphatic carbocycles. The largest absolute Gasteiger partial charge is 0.435 e. The molecule has 0 saturated carbocycles. The maximum absolute atomic E-state index is 13.7. The van der Waals surface area contributed by atoms with Gasteiger partial charge in [-0.05, 0) is 66.6 Å². The normalized spacial score (nSPS) is 19.6. The first-order chi connectivity index (χ1) is 15.6. The molecule has 0 radical (unpaired) electrons. The number of alkyl halides is 2. The van der Waals surface area contributed by atoms with Crippen molar-refractivity contribution in [1.82, 2.24) is 9.62 Å². The molecular weight excluding hydrogens is 474 g/mol. The molecular formula is C23H27ClF2N2O4S. The zero-order valence-corrected chi connectivity index (χ0v) is 20.0. The summed E-state index contributed by atoms with van der Waals surface area (Å²) in [6.45, 7) is 1.52. The lowest BCUT2D eigenvalue weighted by Crippen LogP contribution is -2.48. The van der Waals surface area contributed by atoms with Gasteiger partial charge < -0.3 is 10.1 Å². The van der Waals surface area contributed by atoms with Crippen molar-refractivity contribution < 1.29 is 26.7 Å². The Balaban J connectivity index is 2.00. The summed E-state index contributed by atoms with van der Waals surface area (Å²) in [7, 11) is -4.08. The molecule has 2 aromatic carbocycles. The predicted molar refractivity (Wildman–Crippen MR) is 122 cm³/mol. The van der Waals surface area contributed by atoms with Gasteiger partial charge in [-0.1, -0.05) is 37.6 Å². The van der Waals surface area contributed by atoms with Crippen molar-refractivity contribution in [3.63, 3.8) is 0 Å². The fourth-order valence-corrected chi connectivity index (χ4v) is 5.64. The standard InChI is InChI=1S/C23H27ClF2N2O4S/c1-15(2)17-11-12-27-22(29)21(13-17)28(33(30,31)20-9-5-18(24)6-10-20)14-16-3-7-19(8-4-16)32-23(25)26/h3-10,15,17,21,23H,11-14H2,1-2H3,(H,27,29). The van der Waals surface area contributed by atoms with Gasteiger partial charge in [-0.3, -0.25) is 4.79 Å². The van der Waals surface area contributed by atoms with Crippen LogP contribution in [0.3, 0.4) is 0 Å². The van der Waals surface area contributed by atoms with E-state index in [1.54, 1.807) is 0 Å². The van der Waals surface area contributed by atoms with Crippen LogP contribution in [0.15, 0.2) is 53.4 Å². The SMILES string of the molecule is CC(C)C1CCNC(=O)C(N(Cc2ccc(OC(F)F)cc2)S(=O)(=O)c2ccc(Cl)cc2)C1. The van der Waals surface area contributed by atoms with E-state index in [4.69, 9.17) is 11.6 Å². The zero-order chi connectivity index (χ0) is 24.2. The summed E-state index contributed by atoms with van der Waals surface area (Å²) in [5.74, 6) is 0.0334. The van der Waals surface area contributed by atoms with E-state index in [1.807, 2.05) is 0 Å². The molecule has 1 aliphatic heterocycles. The van der Waals surface area contributed by atoms with Crippen molar-refractivity contribution in [2.75, 3.05) is 6.54 Å². The van der Waals surface area contributed by atoms with Crippen molar-refractivity contribution in [3.05, 3.63) is 59.1 Å². The predicted octanol–water partition coefficient (Wildman–Crippen LogP) is 4.68. The van der Waals surface area contributed by atoms with Crippen LogP contribution < -0.4 is 10.1 Å². The van der Waals surface area contributed by atoms with Crippen LogP contribution in [0.5, 0.6) is 5.75 Å². The van der Waals surface area contributed by atoms with Gasteiger partial charge in [0.2, 0.25) is 15.9 Å². The first-order valence-corrected chi connectivity index (χ1v) is 12.5. The first-order valence-electron chi connectivity index (χ1n) is 10.7. The number of hydrogen-bond donors (Lipinski definition) is 1. The number of benzene rings is 2. The lowest BCUT2D eigenvalue weighted by molar-refractivity contribution is -0.124. The lowest BCUT2D eigenvalue weighted by Gasteiger charge is -2.31. The Hall–Kier alpha value is -2.23. The van der Waals surface area contributed by atoms with Crippen molar-refractivity contribution in [1.29, 1.82) is 0 Å². The molecule has 0 aromatic heterocycles. The molecule has 6 nitrogen and oxygen atoms in total. The van der Waals surface area contributed by atoms with Gasteiger partial charge in [0.25, 0.3) is 0 Å². The molecule has 2 unspecified atom stereocenters. The molecule has 2 atom stereocenters. The third kappa shape index (κ3) is 6.43. The van der Waals surface area contributed by atoms with Gasteiger partial charge in [0, 0.05) is 18.1 Å². The van der Waals surface area contributed by atoms with Gasteiger partial charge in [0.15, 0.2) is 0 Å². The molecule has 0 spiro atoms. The minimum Gasteiger partial charge on any atom is -0.435 e. The number of nitrogens with zero attached hydrogens (tertiary/aromatic N) is 1. The van der Waals surface area contributed by atoms with Crippen molar-refractivity contribution in [2.24, 2.45) is 11.8 Å². The molecule has 2 aromatic rings. The minimum absolute atomic E-state index is 0.0164. The number of ether oxygens (including phenoxy) is 1. The second kappa shape index (κ2) is 10.8. The van der Waals surface area contributed by atoms with E-state index in [0.717, 1.165) is 6.42 Å². The maximum Gasteiger partial charge on any atom is 0.387 e. The van der Waals surface area contributed by atoms with Crippen LogP contribution in [0.1, 0.15) is 32.3 Å². The first kappa shape index (κ1) is 25.4. The van der Waals surface area contributed by atoms with Crippen molar-refractivity contribution in [2.45, 2.75) is 50.8 Å². The smallest absolute Gasteiger partial charge is 0.387 e. The molecule has 1 fully saturated rings. The molecule has 1 amide bonds. The highest BCUT2D eigenvalue weighted by Gasteiger charge is 2.39. The van der Waals surface area contributed by atoms with Crippen LogP contribution in [-0.2, 0) is 21.4 Å². The van der Waals surface area contributed by atoms with Gasteiger partial charge in [0.05, 0.1) is 4.90 Å². The van der Waals surface area contributed by atoms with E-state index in [9.17, 15) is 22.0 Å². The summed E-state index contributed by atoms with van der Waals surface area (Å²) in [5, 5.41) is 3.23. The quantitative estimate of drug-likeness (QED) is 0.571.